The lowest BCUT2D eigenvalue weighted by atomic mass is 9.81. The molecule has 12 rings (SSSR count). The fraction of sp³-hybridized carbons (Fsp3) is 0.500. The zero-order valence-electron chi connectivity index (χ0n) is 26.1. The van der Waals surface area contributed by atoms with E-state index in [0.717, 1.165) is 38.6 Å². The smallest absolute Gasteiger partial charge is 0.319 e. The van der Waals surface area contributed by atoms with Crippen molar-refractivity contribution in [3.05, 3.63) is 52.7 Å². The molecule has 0 unspecified atom stereocenters. The number of nitrogens with zero attached hydrogens (tertiary/aromatic N) is 7. The first kappa shape index (κ1) is 29.0. The number of aromatic nitrogens is 6. The molecule has 0 aliphatic carbocycles. The van der Waals surface area contributed by atoms with Crippen molar-refractivity contribution in [2.75, 3.05) is 37.7 Å². The fourth-order valence-electron chi connectivity index (χ4n) is 8.91. The lowest BCUT2D eigenvalue weighted by Gasteiger charge is -2.52. The van der Waals surface area contributed by atoms with E-state index in [-0.39, 0.29) is 29.9 Å². The van der Waals surface area contributed by atoms with E-state index in [2.05, 4.69) is 25.0 Å². The molecule has 0 amide bonds. The summed E-state index contributed by atoms with van der Waals surface area (Å²) >= 11 is 6.89. The SMILES string of the molecule is Fc1c2ncc3c(nc(OC[C@@]45CCCN4C[C@H](F)C5)nc13)N1CCC[C@]3(C[C@@H](O3)c3ncc(o3)CCc3c(Cl)cc4[nH]ncc4c3-2)C1. The molecule has 0 saturated carbocycles. The van der Waals surface area contributed by atoms with Crippen LogP contribution in [0, 0.1) is 5.82 Å². The largest absolute Gasteiger partial charge is 0.461 e. The second kappa shape index (κ2) is 10.5. The second-order valence-corrected chi connectivity index (χ2v) is 14.5. The van der Waals surface area contributed by atoms with Crippen LogP contribution in [0.1, 0.15) is 61.8 Å². The van der Waals surface area contributed by atoms with E-state index in [1.54, 1.807) is 24.7 Å². The summed E-state index contributed by atoms with van der Waals surface area (Å²) in [6, 6.07) is 1.86. The Morgan fingerprint density at radius 3 is 2.88 bits per heavy atom. The van der Waals surface area contributed by atoms with Gasteiger partial charge in [-0.05, 0) is 50.3 Å². The van der Waals surface area contributed by atoms with Crippen molar-refractivity contribution in [1.82, 2.24) is 35.0 Å². The molecular formula is C34H33ClF2N8O3. The van der Waals surface area contributed by atoms with Crippen molar-refractivity contribution in [1.29, 1.82) is 0 Å². The minimum Gasteiger partial charge on any atom is -0.461 e. The monoisotopic (exact) mass is 674 g/mol. The van der Waals surface area contributed by atoms with Crippen LogP contribution in [-0.4, -0.2) is 85.1 Å². The summed E-state index contributed by atoms with van der Waals surface area (Å²) in [6.07, 6.45) is 9.59. The summed E-state index contributed by atoms with van der Waals surface area (Å²) in [5, 5.41) is 8.83. The number of hydrogen-bond acceptors (Lipinski definition) is 10. The first-order valence-electron chi connectivity index (χ1n) is 16.8. The van der Waals surface area contributed by atoms with E-state index < -0.39 is 23.1 Å². The predicted octanol–water partition coefficient (Wildman–Crippen LogP) is 5.90. The first-order valence-corrected chi connectivity index (χ1v) is 17.2. The molecular weight excluding hydrogens is 642 g/mol. The summed E-state index contributed by atoms with van der Waals surface area (Å²) in [6.45, 7) is 2.74. The van der Waals surface area contributed by atoms with Crippen LogP contribution in [0.5, 0.6) is 6.01 Å². The van der Waals surface area contributed by atoms with Crippen LogP contribution in [0.2, 0.25) is 5.02 Å². The maximum atomic E-state index is 17.2. The molecule has 11 nitrogen and oxygen atoms in total. The molecule has 248 valence electrons. The molecule has 7 aliphatic rings. The molecule has 4 saturated heterocycles. The maximum absolute atomic E-state index is 17.2. The van der Waals surface area contributed by atoms with E-state index in [1.807, 2.05) is 0 Å². The molecule has 11 heterocycles. The number of halogens is 3. The van der Waals surface area contributed by atoms with Gasteiger partial charge in [-0.3, -0.25) is 15.0 Å². The lowest BCUT2D eigenvalue weighted by molar-refractivity contribution is -0.220. The standard InChI is InChI=1S/C34H33ClF2N8O3/c35-23-9-24-21(14-40-43-24)26-20(23)4-3-19-12-39-31(47-19)25-11-34(48-25)6-2-7-44(16-34)30-22-13-38-29(26)27(37)28(22)41-32(42-30)46-17-33-5-1-8-45(33)15-18(36)10-33/h9,12-14,18,25H,1-8,10-11,15-17H2,(H,40,43)/t18-,25-,33+,34+/m1/s1. The highest BCUT2D eigenvalue weighted by atomic mass is 35.5. The Hall–Kier alpha value is -3.94. The molecule has 1 aromatic carbocycles. The van der Waals surface area contributed by atoms with Gasteiger partial charge in [0, 0.05) is 61.1 Å². The van der Waals surface area contributed by atoms with Gasteiger partial charge < -0.3 is 18.8 Å². The summed E-state index contributed by atoms with van der Waals surface area (Å²) in [5.41, 5.74) is 1.33. The highest BCUT2D eigenvalue weighted by Gasteiger charge is 2.51. The zero-order valence-corrected chi connectivity index (χ0v) is 26.9. The number of aryl methyl sites for hydroxylation is 1. The molecule has 4 atom stereocenters. The number of anilines is 1. The number of alkyl halides is 1. The van der Waals surface area contributed by atoms with Gasteiger partial charge in [-0.15, -0.1) is 0 Å². The molecule has 0 radical (unpaired) electrons. The molecule has 1 spiro atoms. The van der Waals surface area contributed by atoms with Gasteiger partial charge in [0.05, 0.1) is 34.4 Å². The summed E-state index contributed by atoms with van der Waals surface area (Å²) < 4.78 is 50.8. The van der Waals surface area contributed by atoms with Crippen LogP contribution < -0.4 is 9.64 Å². The van der Waals surface area contributed by atoms with Gasteiger partial charge in [0.15, 0.2) is 5.82 Å². The molecule has 4 aromatic heterocycles. The van der Waals surface area contributed by atoms with Crippen molar-refractivity contribution in [2.24, 2.45) is 0 Å². The average Bonchev–Trinajstić information content (AvgIpc) is 3.86. The van der Waals surface area contributed by atoms with Crippen LogP contribution >= 0.6 is 11.6 Å². The molecule has 7 aliphatic heterocycles. The van der Waals surface area contributed by atoms with E-state index in [4.69, 9.17) is 40.4 Å². The van der Waals surface area contributed by atoms with Gasteiger partial charge in [0.1, 0.15) is 41.7 Å². The Bertz CT molecular complexity index is 2100. The number of ether oxygens (including phenoxy) is 2. The van der Waals surface area contributed by atoms with Crippen LogP contribution in [0.4, 0.5) is 14.6 Å². The number of benzene rings is 1. The highest BCUT2D eigenvalue weighted by Crippen LogP contribution is 2.49. The van der Waals surface area contributed by atoms with Crippen LogP contribution in [0.3, 0.4) is 0 Å². The number of nitrogens with one attached hydrogen (secondary N) is 1. The lowest BCUT2D eigenvalue weighted by Crippen LogP contribution is -2.57. The summed E-state index contributed by atoms with van der Waals surface area (Å²) in [4.78, 5) is 23.2. The second-order valence-electron chi connectivity index (χ2n) is 14.1. The van der Waals surface area contributed by atoms with Crippen molar-refractivity contribution < 1.29 is 22.7 Å². The number of piperidine rings is 1. The molecule has 5 aromatic rings. The van der Waals surface area contributed by atoms with E-state index >= 15 is 4.39 Å². The normalized spacial score (nSPS) is 28.2. The summed E-state index contributed by atoms with van der Waals surface area (Å²) in [5.74, 6) is 1.20. The van der Waals surface area contributed by atoms with E-state index in [9.17, 15) is 4.39 Å². The minimum absolute atomic E-state index is 0.0637. The van der Waals surface area contributed by atoms with Crippen LogP contribution in [-0.2, 0) is 17.6 Å². The van der Waals surface area contributed by atoms with Crippen molar-refractivity contribution in [3.8, 4) is 17.3 Å². The number of rotatable bonds is 3. The van der Waals surface area contributed by atoms with Crippen LogP contribution in [0.15, 0.2) is 29.1 Å². The number of H-pyrrole nitrogens is 1. The van der Waals surface area contributed by atoms with Crippen molar-refractivity contribution in [2.45, 2.75) is 74.8 Å². The molecule has 1 N–H and O–H groups in total. The Balaban J connectivity index is 1.15. The Morgan fingerprint density at radius 1 is 1.06 bits per heavy atom. The summed E-state index contributed by atoms with van der Waals surface area (Å²) in [7, 11) is 0. The molecule has 48 heavy (non-hydrogen) atoms. The first-order chi connectivity index (χ1) is 23.4. The quantitative estimate of drug-likeness (QED) is 0.248. The number of oxazole rings is 1. The van der Waals surface area contributed by atoms with Gasteiger partial charge in [-0.25, -0.2) is 13.8 Å². The number of aromatic amines is 1. The van der Waals surface area contributed by atoms with Gasteiger partial charge in [-0.1, -0.05) is 11.6 Å². The third-order valence-corrected chi connectivity index (χ3v) is 11.5. The average molecular weight is 675 g/mol. The third-order valence-electron chi connectivity index (χ3n) is 11.2. The maximum Gasteiger partial charge on any atom is 0.319 e. The Kier molecular flexibility index (Phi) is 6.36. The van der Waals surface area contributed by atoms with Gasteiger partial charge in [0.25, 0.3) is 0 Å². The number of pyridine rings is 1. The van der Waals surface area contributed by atoms with Crippen molar-refractivity contribution in [3.63, 3.8) is 0 Å². The number of fused-ring (bicyclic) bond motifs is 2. The Morgan fingerprint density at radius 2 is 1.96 bits per heavy atom. The Labute approximate surface area is 279 Å². The van der Waals surface area contributed by atoms with Gasteiger partial charge in [-0.2, -0.15) is 15.1 Å². The fourth-order valence-corrected chi connectivity index (χ4v) is 9.21. The topological polar surface area (TPSA) is 118 Å². The van der Waals surface area contributed by atoms with Gasteiger partial charge >= 0.3 is 6.01 Å². The minimum atomic E-state index is -0.894. The molecule has 14 heteroatoms. The van der Waals surface area contributed by atoms with E-state index in [1.165, 1.54) is 0 Å². The van der Waals surface area contributed by atoms with Crippen LogP contribution in [0.25, 0.3) is 33.1 Å². The van der Waals surface area contributed by atoms with E-state index in [0.29, 0.717) is 88.8 Å². The molecule has 9 bridgehead atoms. The zero-order chi connectivity index (χ0) is 32.2. The number of hydrogen-bond donors (Lipinski definition) is 1. The van der Waals surface area contributed by atoms with Crippen molar-refractivity contribution >= 4 is 39.2 Å². The van der Waals surface area contributed by atoms with Gasteiger partial charge in [0.2, 0.25) is 5.89 Å². The molecule has 4 fully saturated rings. The highest BCUT2D eigenvalue weighted by molar-refractivity contribution is 6.33. The third kappa shape index (κ3) is 4.39. The predicted molar refractivity (Wildman–Crippen MR) is 172 cm³/mol.